The molecule has 0 fully saturated rings. The minimum absolute atomic E-state index is 0.169. The van der Waals surface area contributed by atoms with Gasteiger partial charge in [0.1, 0.15) is 11.5 Å². The molecule has 2 aromatic heterocycles. The predicted molar refractivity (Wildman–Crippen MR) is 125 cm³/mol. The van der Waals surface area contributed by atoms with Crippen molar-refractivity contribution in [2.45, 2.75) is 0 Å². The number of anilines is 1. The highest BCUT2D eigenvalue weighted by atomic mass is 16.5. The number of carbonyl (C=O) groups is 1. The van der Waals surface area contributed by atoms with E-state index in [0.29, 0.717) is 22.7 Å². The number of nitrogens with one attached hydrogen (secondary N) is 3. The molecule has 156 valence electrons. The number of amides is 1. The summed E-state index contributed by atoms with van der Waals surface area (Å²) in [5, 5.41) is 11.3. The lowest BCUT2D eigenvalue weighted by molar-refractivity contribution is 0.102. The minimum atomic E-state index is -0.169. The van der Waals surface area contributed by atoms with Gasteiger partial charge in [-0.1, -0.05) is 24.3 Å². The van der Waals surface area contributed by atoms with Gasteiger partial charge in [-0.25, -0.2) is 4.98 Å². The molecule has 0 saturated carbocycles. The van der Waals surface area contributed by atoms with E-state index in [1.807, 2.05) is 66.7 Å². The Morgan fingerprint density at radius 2 is 1.81 bits per heavy atom. The molecule has 0 unspecified atom stereocenters. The highest BCUT2D eigenvalue weighted by molar-refractivity contribution is 6.04. The monoisotopic (exact) mass is 421 g/mol. The Kier molecular flexibility index (Phi) is 5.20. The van der Waals surface area contributed by atoms with Crippen LogP contribution in [0.5, 0.6) is 11.5 Å². The Morgan fingerprint density at radius 3 is 2.66 bits per heavy atom. The average Bonchev–Trinajstić information content (AvgIpc) is 3.48. The molecule has 7 heteroatoms. The topological polar surface area (TPSA) is 95.7 Å². The third kappa shape index (κ3) is 4.27. The van der Waals surface area contributed by atoms with Crippen LogP contribution in [0.3, 0.4) is 0 Å². The zero-order valence-electron chi connectivity index (χ0n) is 16.9. The third-order valence-corrected chi connectivity index (χ3v) is 4.87. The van der Waals surface area contributed by atoms with E-state index in [-0.39, 0.29) is 5.91 Å². The number of benzene rings is 3. The molecule has 0 radical (unpaired) electrons. The SMILES string of the molecule is O=C(Nc1cccc(Oc2ccc3c(C=Cc4cnc[nH]4)n[nH]c3c2)c1)c1ccccc1. The van der Waals surface area contributed by atoms with E-state index >= 15 is 0 Å². The maximum Gasteiger partial charge on any atom is 0.255 e. The van der Waals surface area contributed by atoms with Crippen LogP contribution in [0.15, 0.2) is 85.3 Å². The third-order valence-electron chi connectivity index (χ3n) is 4.87. The summed E-state index contributed by atoms with van der Waals surface area (Å²) in [4.78, 5) is 19.4. The van der Waals surface area contributed by atoms with Crippen LogP contribution < -0.4 is 10.1 Å². The largest absolute Gasteiger partial charge is 0.457 e. The maximum atomic E-state index is 12.4. The summed E-state index contributed by atoms with van der Waals surface area (Å²) in [5.74, 6) is 1.11. The van der Waals surface area contributed by atoms with Gasteiger partial charge in [-0.3, -0.25) is 9.89 Å². The molecule has 5 rings (SSSR count). The Morgan fingerprint density at radius 1 is 0.938 bits per heavy atom. The smallest absolute Gasteiger partial charge is 0.255 e. The first-order valence-corrected chi connectivity index (χ1v) is 10.0. The summed E-state index contributed by atoms with van der Waals surface area (Å²) in [6.07, 6.45) is 7.22. The quantitative estimate of drug-likeness (QED) is 0.337. The fourth-order valence-electron chi connectivity index (χ4n) is 3.30. The second kappa shape index (κ2) is 8.61. The number of hydrogen-bond acceptors (Lipinski definition) is 4. The van der Waals surface area contributed by atoms with Crippen LogP contribution in [-0.2, 0) is 0 Å². The van der Waals surface area contributed by atoms with Gasteiger partial charge in [-0.05, 0) is 48.6 Å². The Labute approximate surface area is 183 Å². The molecular weight excluding hydrogens is 402 g/mol. The summed E-state index contributed by atoms with van der Waals surface area (Å²) < 4.78 is 6.01. The fraction of sp³-hybridized carbons (Fsp3) is 0. The van der Waals surface area contributed by atoms with E-state index in [2.05, 4.69) is 25.5 Å². The van der Waals surface area contributed by atoms with Crippen molar-refractivity contribution in [2.75, 3.05) is 5.32 Å². The van der Waals surface area contributed by atoms with E-state index in [1.54, 1.807) is 30.7 Å². The summed E-state index contributed by atoms with van der Waals surface area (Å²) >= 11 is 0. The van der Waals surface area contributed by atoms with Gasteiger partial charge in [0.25, 0.3) is 5.91 Å². The molecule has 32 heavy (non-hydrogen) atoms. The summed E-state index contributed by atoms with van der Waals surface area (Å²) in [5.41, 5.74) is 3.85. The van der Waals surface area contributed by atoms with Gasteiger partial charge < -0.3 is 15.0 Å². The molecule has 3 N–H and O–H groups in total. The lowest BCUT2D eigenvalue weighted by Crippen LogP contribution is -2.11. The van der Waals surface area contributed by atoms with Crippen molar-refractivity contribution in [3.8, 4) is 11.5 Å². The van der Waals surface area contributed by atoms with Crippen LogP contribution in [0.1, 0.15) is 21.7 Å². The predicted octanol–water partition coefficient (Wildman–Crippen LogP) is 5.50. The van der Waals surface area contributed by atoms with Gasteiger partial charge in [-0.2, -0.15) is 5.10 Å². The van der Waals surface area contributed by atoms with Crippen molar-refractivity contribution < 1.29 is 9.53 Å². The number of hydrogen-bond donors (Lipinski definition) is 3. The molecule has 0 bridgehead atoms. The summed E-state index contributed by atoms with van der Waals surface area (Å²) in [6, 6.07) is 22.1. The Balaban J connectivity index is 1.31. The van der Waals surface area contributed by atoms with Gasteiger partial charge >= 0.3 is 0 Å². The molecule has 5 aromatic rings. The lowest BCUT2D eigenvalue weighted by Gasteiger charge is -2.09. The van der Waals surface area contributed by atoms with Crippen molar-refractivity contribution in [3.05, 3.63) is 102 Å². The fourth-order valence-corrected chi connectivity index (χ4v) is 3.30. The van der Waals surface area contributed by atoms with Crippen LogP contribution in [0.2, 0.25) is 0 Å². The first-order chi connectivity index (χ1) is 15.7. The lowest BCUT2D eigenvalue weighted by atomic mass is 10.2. The average molecular weight is 421 g/mol. The van der Waals surface area contributed by atoms with E-state index < -0.39 is 0 Å². The molecular formula is C25H19N5O2. The van der Waals surface area contributed by atoms with E-state index in [0.717, 1.165) is 22.3 Å². The number of imidazole rings is 1. The van der Waals surface area contributed by atoms with Crippen molar-refractivity contribution in [3.63, 3.8) is 0 Å². The van der Waals surface area contributed by atoms with Gasteiger partial charge in [0.05, 0.1) is 29.4 Å². The maximum absolute atomic E-state index is 12.4. The number of aromatic nitrogens is 4. The van der Waals surface area contributed by atoms with Crippen LogP contribution in [0.4, 0.5) is 5.69 Å². The van der Waals surface area contributed by atoms with E-state index in [9.17, 15) is 4.79 Å². The van der Waals surface area contributed by atoms with Crippen molar-refractivity contribution >= 4 is 34.6 Å². The molecule has 3 aromatic carbocycles. The highest BCUT2D eigenvalue weighted by Crippen LogP contribution is 2.28. The minimum Gasteiger partial charge on any atom is -0.457 e. The van der Waals surface area contributed by atoms with Gasteiger partial charge in [0.15, 0.2) is 0 Å². The second-order valence-electron chi connectivity index (χ2n) is 7.11. The van der Waals surface area contributed by atoms with Crippen LogP contribution >= 0.6 is 0 Å². The van der Waals surface area contributed by atoms with Gasteiger partial charge in [0.2, 0.25) is 0 Å². The molecule has 0 aliphatic heterocycles. The molecule has 0 spiro atoms. The zero-order chi connectivity index (χ0) is 21.8. The van der Waals surface area contributed by atoms with Crippen molar-refractivity contribution in [1.29, 1.82) is 0 Å². The number of fused-ring (bicyclic) bond motifs is 1. The van der Waals surface area contributed by atoms with E-state index in [4.69, 9.17) is 4.74 Å². The molecule has 1 amide bonds. The van der Waals surface area contributed by atoms with Crippen LogP contribution in [-0.4, -0.2) is 26.1 Å². The van der Waals surface area contributed by atoms with Crippen molar-refractivity contribution in [2.24, 2.45) is 0 Å². The Bertz CT molecular complexity index is 1390. The number of ether oxygens (including phenoxy) is 1. The molecule has 2 heterocycles. The summed E-state index contributed by atoms with van der Waals surface area (Å²) in [7, 11) is 0. The van der Waals surface area contributed by atoms with E-state index in [1.165, 1.54) is 0 Å². The molecule has 0 aliphatic carbocycles. The van der Waals surface area contributed by atoms with Crippen LogP contribution in [0, 0.1) is 0 Å². The number of rotatable bonds is 6. The van der Waals surface area contributed by atoms with Crippen LogP contribution in [0.25, 0.3) is 23.1 Å². The van der Waals surface area contributed by atoms with Gasteiger partial charge in [0, 0.05) is 28.8 Å². The number of carbonyl (C=O) groups excluding carboxylic acids is 1. The normalized spacial score (nSPS) is 11.1. The number of aromatic amines is 2. The Hall–Kier alpha value is -4.65. The second-order valence-corrected chi connectivity index (χ2v) is 7.11. The zero-order valence-corrected chi connectivity index (χ0v) is 16.9. The molecule has 0 atom stereocenters. The number of H-pyrrole nitrogens is 2. The first kappa shape index (κ1) is 19.3. The van der Waals surface area contributed by atoms with Crippen molar-refractivity contribution in [1.82, 2.24) is 20.2 Å². The molecule has 7 nitrogen and oxygen atoms in total. The molecule has 0 saturated heterocycles. The standard InChI is InChI=1S/C25H19N5O2/c31-25(17-5-2-1-3-6-17)28-18-7-4-8-20(13-18)32-21-10-11-22-23(29-30-24(22)14-21)12-9-19-15-26-16-27-19/h1-16H,(H,26,27)(H,28,31)(H,29,30). The summed E-state index contributed by atoms with van der Waals surface area (Å²) in [6.45, 7) is 0. The van der Waals surface area contributed by atoms with Gasteiger partial charge in [-0.15, -0.1) is 0 Å². The molecule has 0 aliphatic rings. The number of nitrogens with zero attached hydrogens (tertiary/aromatic N) is 2. The first-order valence-electron chi connectivity index (χ1n) is 10.0. The highest BCUT2D eigenvalue weighted by Gasteiger charge is 2.08.